The number of carbonyl (C=O) groups excluding carboxylic acids is 1. The standard InChI is InChI=1S/C25H27F3N4O3S/c26-25(27,28)16-13-20-21(23(29)33)22(32(24(20)30-14-16)18-5-2-1-3-6-18)15-9-11-17(12-10-15)31-36(34,35)19-7-4-8-19/h9-14,18-19,31H,1-8H2,(H2,29,33). The van der Waals surface area contributed by atoms with Crippen molar-refractivity contribution >= 4 is 32.7 Å². The van der Waals surface area contributed by atoms with Gasteiger partial charge in [-0.1, -0.05) is 37.8 Å². The number of nitrogens with one attached hydrogen (secondary N) is 1. The molecular weight excluding hydrogens is 493 g/mol. The molecule has 3 aromatic rings. The molecule has 0 aliphatic heterocycles. The summed E-state index contributed by atoms with van der Waals surface area (Å²) in [5, 5.41) is -0.339. The van der Waals surface area contributed by atoms with Crippen LogP contribution >= 0.6 is 0 Å². The topological polar surface area (TPSA) is 107 Å². The Bertz CT molecular complexity index is 1410. The van der Waals surface area contributed by atoms with Gasteiger partial charge in [0.25, 0.3) is 5.91 Å². The monoisotopic (exact) mass is 520 g/mol. The van der Waals surface area contributed by atoms with Crippen LogP contribution in [-0.4, -0.2) is 29.1 Å². The predicted octanol–water partition coefficient (Wildman–Crippen LogP) is 5.62. The number of hydrogen-bond acceptors (Lipinski definition) is 4. The minimum absolute atomic E-state index is 0.0167. The van der Waals surface area contributed by atoms with Gasteiger partial charge in [0.2, 0.25) is 10.0 Å². The minimum atomic E-state index is -4.62. The Labute approximate surface area is 206 Å². The van der Waals surface area contributed by atoms with E-state index in [0.717, 1.165) is 50.8 Å². The fraction of sp³-hybridized carbons (Fsp3) is 0.440. The largest absolute Gasteiger partial charge is 0.417 e. The molecule has 2 fully saturated rings. The number of primary amides is 1. The summed E-state index contributed by atoms with van der Waals surface area (Å²) in [6.07, 6.45) is 2.89. The maximum absolute atomic E-state index is 13.5. The van der Waals surface area contributed by atoms with Crippen molar-refractivity contribution < 1.29 is 26.4 Å². The summed E-state index contributed by atoms with van der Waals surface area (Å²) in [5.41, 5.74) is 6.39. The van der Waals surface area contributed by atoms with Gasteiger partial charge < -0.3 is 10.3 Å². The third-order valence-electron chi connectivity index (χ3n) is 7.26. The fourth-order valence-electron chi connectivity index (χ4n) is 5.19. The number of hydrogen-bond donors (Lipinski definition) is 2. The van der Waals surface area contributed by atoms with Crippen LogP contribution in [0.5, 0.6) is 0 Å². The molecule has 5 rings (SSSR count). The molecule has 0 unspecified atom stereocenters. The first kappa shape index (κ1) is 24.6. The number of alkyl halides is 3. The second kappa shape index (κ2) is 9.10. The van der Waals surface area contributed by atoms with Crippen LogP contribution in [-0.2, 0) is 16.2 Å². The van der Waals surface area contributed by atoms with Crippen molar-refractivity contribution in [2.45, 2.75) is 68.8 Å². The molecule has 11 heteroatoms. The molecule has 3 N–H and O–H groups in total. The van der Waals surface area contributed by atoms with E-state index >= 15 is 0 Å². The summed E-state index contributed by atoms with van der Waals surface area (Å²) in [6, 6.07) is 7.38. The molecule has 2 saturated carbocycles. The number of aromatic nitrogens is 2. The summed E-state index contributed by atoms with van der Waals surface area (Å²) >= 11 is 0. The maximum Gasteiger partial charge on any atom is 0.417 e. The molecule has 0 saturated heterocycles. The first-order valence-electron chi connectivity index (χ1n) is 12.1. The highest BCUT2D eigenvalue weighted by Crippen LogP contribution is 2.42. The second-order valence-electron chi connectivity index (χ2n) is 9.62. The molecule has 2 aromatic heterocycles. The summed E-state index contributed by atoms with van der Waals surface area (Å²) < 4.78 is 69.9. The number of anilines is 1. The number of benzene rings is 1. The van der Waals surface area contributed by atoms with E-state index < -0.39 is 32.9 Å². The Morgan fingerprint density at radius 2 is 1.69 bits per heavy atom. The van der Waals surface area contributed by atoms with Crippen molar-refractivity contribution in [2.24, 2.45) is 5.73 Å². The number of sulfonamides is 1. The first-order chi connectivity index (χ1) is 17.1. The van der Waals surface area contributed by atoms with E-state index in [-0.39, 0.29) is 22.6 Å². The zero-order chi connectivity index (χ0) is 25.7. The molecule has 0 spiro atoms. The fourth-order valence-corrected chi connectivity index (χ4v) is 6.78. The molecule has 192 valence electrons. The smallest absolute Gasteiger partial charge is 0.366 e. The lowest BCUT2D eigenvalue weighted by Crippen LogP contribution is -2.33. The Balaban J connectivity index is 1.65. The summed E-state index contributed by atoms with van der Waals surface area (Å²) in [5.74, 6) is -0.847. The van der Waals surface area contributed by atoms with Gasteiger partial charge in [-0.25, -0.2) is 13.4 Å². The van der Waals surface area contributed by atoms with Gasteiger partial charge in [0.15, 0.2) is 0 Å². The van der Waals surface area contributed by atoms with Crippen molar-refractivity contribution in [2.75, 3.05) is 4.72 Å². The van der Waals surface area contributed by atoms with Crippen LogP contribution in [0, 0.1) is 0 Å². The number of fused-ring (bicyclic) bond motifs is 1. The Hall–Kier alpha value is -3.08. The minimum Gasteiger partial charge on any atom is -0.366 e. The van der Waals surface area contributed by atoms with Gasteiger partial charge in [-0.2, -0.15) is 13.2 Å². The van der Waals surface area contributed by atoms with Crippen LogP contribution < -0.4 is 10.5 Å². The van der Waals surface area contributed by atoms with Crippen LogP contribution in [0.15, 0.2) is 36.5 Å². The van der Waals surface area contributed by atoms with E-state index in [1.807, 2.05) is 4.57 Å². The molecule has 0 radical (unpaired) electrons. The number of halogens is 3. The summed E-state index contributed by atoms with van der Waals surface area (Å²) in [4.78, 5) is 16.8. The Morgan fingerprint density at radius 1 is 1.03 bits per heavy atom. The SMILES string of the molecule is NC(=O)c1c(-c2ccc(NS(=O)(=O)C3CCC3)cc2)n(C2CCCCC2)c2ncc(C(F)(F)F)cc12. The third-order valence-corrected chi connectivity index (χ3v) is 9.13. The van der Waals surface area contributed by atoms with Crippen molar-refractivity contribution in [3.05, 3.63) is 47.7 Å². The zero-order valence-corrected chi connectivity index (χ0v) is 20.3. The van der Waals surface area contributed by atoms with E-state index in [2.05, 4.69) is 9.71 Å². The summed E-state index contributed by atoms with van der Waals surface area (Å²) in [6.45, 7) is 0. The van der Waals surface area contributed by atoms with Gasteiger partial charge in [0.05, 0.1) is 22.1 Å². The first-order valence-corrected chi connectivity index (χ1v) is 13.6. The van der Waals surface area contributed by atoms with Gasteiger partial charge in [0.1, 0.15) is 5.65 Å². The molecule has 2 aliphatic carbocycles. The predicted molar refractivity (Wildman–Crippen MR) is 131 cm³/mol. The van der Waals surface area contributed by atoms with Crippen molar-refractivity contribution in [3.63, 3.8) is 0 Å². The lowest BCUT2D eigenvalue weighted by atomic mass is 9.94. The van der Waals surface area contributed by atoms with Crippen molar-refractivity contribution in [1.82, 2.24) is 9.55 Å². The maximum atomic E-state index is 13.5. The molecular formula is C25H27F3N4O3S. The lowest BCUT2D eigenvalue weighted by Gasteiger charge is -2.27. The zero-order valence-electron chi connectivity index (χ0n) is 19.5. The van der Waals surface area contributed by atoms with Gasteiger partial charge in [0, 0.05) is 23.3 Å². The molecule has 0 bridgehead atoms. The van der Waals surface area contributed by atoms with E-state index in [0.29, 0.717) is 29.8 Å². The van der Waals surface area contributed by atoms with Gasteiger partial charge in [-0.15, -0.1) is 0 Å². The van der Waals surface area contributed by atoms with Crippen LogP contribution in [0.25, 0.3) is 22.3 Å². The second-order valence-corrected chi connectivity index (χ2v) is 11.6. The number of nitrogens with zero attached hydrogens (tertiary/aromatic N) is 2. The number of rotatable bonds is 6. The number of pyridine rings is 1. The van der Waals surface area contributed by atoms with Gasteiger partial charge >= 0.3 is 6.18 Å². The quantitative estimate of drug-likeness (QED) is 0.440. The Kier molecular flexibility index (Phi) is 6.22. The van der Waals surface area contributed by atoms with Crippen LogP contribution in [0.1, 0.15) is 73.3 Å². The van der Waals surface area contributed by atoms with Crippen LogP contribution in [0.2, 0.25) is 0 Å². The van der Waals surface area contributed by atoms with Crippen LogP contribution in [0.3, 0.4) is 0 Å². The normalized spacial score (nSPS) is 17.8. The van der Waals surface area contributed by atoms with E-state index in [4.69, 9.17) is 5.73 Å². The number of nitrogens with two attached hydrogens (primary N) is 1. The number of carbonyl (C=O) groups is 1. The molecule has 7 nitrogen and oxygen atoms in total. The van der Waals surface area contributed by atoms with E-state index in [1.54, 1.807) is 24.3 Å². The average molecular weight is 521 g/mol. The molecule has 1 aromatic carbocycles. The molecule has 1 amide bonds. The molecule has 0 atom stereocenters. The van der Waals surface area contributed by atoms with E-state index in [1.165, 1.54) is 0 Å². The van der Waals surface area contributed by atoms with Gasteiger partial charge in [-0.3, -0.25) is 9.52 Å². The highest BCUT2D eigenvalue weighted by Gasteiger charge is 2.35. The van der Waals surface area contributed by atoms with Gasteiger partial charge in [-0.05, 0) is 49.4 Å². The molecule has 2 aliphatic rings. The Morgan fingerprint density at radius 3 is 2.25 bits per heavy atom. The summed E-state index contributed by atoms with van der Waals surface area (Å²) in [7, 11) is -3.49. The van der Waals surface area contributed by atoms with E-state index in [9.17, 15) is 26.4 Å². The average Bonchev–Trinajstić information content (AvgIpc) is 3.12. The van der Waals surface area contributed by atoms with Crippen molar-refractivity contribution in [3.8, 4) is 11.3 Å². The highest BCUT2D eigenvalue weighted by molar-refractivity contribution is 7.93. The highest BCUT2D eigenvalue weighted by atomic mass is 32.2. The lowest BCUT2D eigenvalue weighted by molar-refractivity contribution is -0.137. The molecule has 36 heavy (non-hydrogen) atoms. The molecule has 2 heterocycles. The van der Waals surface area contributed by atoms with Crippen molar-refractivity contribution in [1.29, 1.82) is 0 Å². The number of amides is 1. The third kappa shape index (κ3) is 4.44. The van der Waals surface area contributed by atoms with Crippen LogP contribution in [0.4, 0.5) is 18.9 Å².